The number of carbonyl (C=O) groups is 1. The van der Waals surface area contributed by atoms with Gasteiger partial charge in [0.15, 0.2) is 5.69 Å². The lowest BCUT2D eigenvalue weighted by Crippen LogP contribution is -2.13. The number of carbonyl (C=O) groups excluding carboxylic acids is 1. The molecule has 21 heavy (non-hydrogen) atoms. The van der Waals surface area contributed by atoms with Crippen LogP contribution in [0.25, 0.3) is 21.8 Å². The van der Waals surface area contributed by atoms with Crippen molar-refractivity contribution in [2.75, 3.05) is 7.11 Å². The fourth-order valence-electron chi connectivity index (χ4n) is 2.26. The molecule has 0 saturated heterocycles. The van der Waals surface area contributed by atoms with Crippen molar-refractivity contribution in [1.82, 2.24) is 9.97 Å². The van der Waals surface area contributed by atoms with Gasteiger partial charge in [0.1, 0.15) is 5.69 Å². The Morgan fingerprint density at radius 1 is 1.24 bits per heavy atom. The van der Waals surface area contributed by atoms with Gasteiger partial charge >= 0.3 is 12.1 Å². The van der Waals surface area contributed by atoms with Gasteiger partial charge in [0, 0.05) is 16.3 Å². The Bertz CT molecular complexity index is 852. The van der Waals surface area contributed by atoms with Gasteiger partial charge in [0.05, 0.1) is 12.6 Å². The van der Waals surface area contributed by atoms with Crippen LogP contribution in [0.3, 0.4) is 0 Å². The van der Waals surface area contributed by atoms with E-state index in [0.717, 1.165) is 7.11 Å². The summed E-state index contributed by atoms with van der Waals surface area (Å²) in [4.78, 5) is 17.6. The Morgan fingerprint density at radius 2 is 1.95 bits per heavy atom. The minimum atomic E-state index is -4.68. The highest BCUT2D eigenvalue weighted by atomic mass is 19.4. The number of nitrogens with zero attached hydrogens (tertiary/aromatic N) is 1. The molecular formula is C14H9F3N2O2. The van der Waals surface area contributed by atoms with Crippen molar-refractivity contribution in [2.45, 2.75) is 6.18 Å². The molecule has 3 aromatic rings. The topological polar surface area (TPSA) is 55.0 Å². The number of para-hydroxylation sites is 1. The molecule has 3 rings (SSSR count). The third kappa shape index (κ3) is 2.10. The first kappa shape index (κ1) is 13.4. The molecule has 2 heterocycles. The lowest BCUT2D eigenvalue weighted by Gasteiger charge is -2.08. The van der Waals surface area contributed by atoms with Crippen LogP contribution in [0.1, 0.15) is 16.2 Å². The quantitative estimate of drug-likeness (QED) is 0.699. The zero-order valence-corrected chi connectivity index (χ0v) is 10.8. The molecule has 1 N–H and O–H groups in total. The van der Waals surface area contributed by atoms with Gasteiger partial charge in [-0.05, 0) is 12.1 Å². The third-order valence-corrected chi connectivity index (χ3v) is 3.16. The van der Waals surface area contributed by atoms with Crippen LogP contribution in [-0.2, 0) is 10.9 Å². The number of esters is 1. The highest BCUT2D eigenvalue weighted by molar-refractivity contribution is 6.09. The SMILES string of the molecule is COC(=O)c1cc2c([nH]c3ccccc32)c(C(F)(F)F)n1. The highest BCUT2D eigenvalue weighted by Gasteiger charge is 2.36. The van der Waals surface area contributed by atoms with Crippen LogP contribution in [-0.4, -0.2) is 23.0 Å². The van der Waals surface area contributed by atoms with Crippen molar-refractivity contribution in [1.29, 1.82) is 0 Å². The van der Waals surface area contributed by atoms with Crippen LogP contribution in [0.4, 0.5) is 13.2 Å². The first-order chi connectivity index (χ1) is 9.91. The van der Waals surface area contributed by atoms with E-state index in [4.69, 9.17) is 0 Å². The van der Waals surface area contributed by atoms with E-state index < -0.39 is 17.8 Å². The molecule has 0 saturated carbocycles. The molecule has 0 radical (unpaired) electrons. The maximum Gasteiger partial charge on any atom is 0.435 e. The average molecular weight is 294 g/mol. The van der Waals surface area contributed by atoms with Crippen molar-refractivity contribution in [3.63, 3.8) is 0 Å². The molecule has 0 aliphatic rings. The van der Waals surface area contributed by atoms with Crippen LogP contribution in [0, 0.1) is 0 Å². The number of halogens is 3. The minimum Gasteiger partial charge on any atom is -0.464 e. The predicted molar refractivity (Wildman–Crippen MR) is 69.9 cm³/mol. The number of aromatic nitrogens is 2. The van der Waals surface area contributed by atoms with E-state index in [0.29, 0.717) is 10.9 Å². The van der Waals surface area contributed by atoms with Gasteiger partial charge in [0.2, 0.25) is 0 Å². The monoisotopic (exact) mass is 294 g/mol. The first-order valence-corrected chi connectivity index (χ1v) is 5.99. The summed E-state index contributed by atoms with van der Waals surface area (Å²) >= 11 is 0. The van der Waals surface area contributed by atoms with Crippen molar-refractivity contribution in [2.24, 2.45) is 0 Å². The largest absolute Gasteiger partial charge is 0.464 e. The maximum absolute atomic E-state index is 13.2. The number of pyridine rings is 1. The molecule has 0 fully saturated rings. The Morgan fingerprint density at radius 3 is 2.62 bits per heavy atom. The zero-order valence-electron chi connectivity index (χ0n) is 10.8. The summed E-state index contributed by atoms with van der Waals surface area (Å²) in [5.41, 5.74) is -1.10. The van der Waals surface area contributed by atoms with Gasteiger partial charge in [-0.1, -0.05) is 18.2 Å². The van der Waals surface area contributed by atoms with Crippen molar-refractivity contribution < 1.29 is 22.7 Å². The number of benzene rings is 1. The molecule has 0 spiro atoms. The van der Waals surface area contributed by atoms with Crippen LogP contribution >= 0.6 is 0 Å². The van der Waals surface area contributed by atoms with E-state index in [1.807, 2.05) is 0 Å². The van der Waals surface area contributed by atoms with Crippen LogP contribution < -0.4 is 0 Å². The summed E-state index contributed by atoms with van der Waals surface area (Å²) in [6.45, 7) is 0. The first-order valence-electron chi connectivity index (χ1n) is 5.99. The third-order valence-electron chi connectivity index (χ3n) is 3.16. The second-order valence-electron chi connectivity index (χ2n) is 4.44. The molecule has 0 aliphatic heterocycles. The molecule has 0 atom stereocenters. The summed E-state index contributed by atoms with van der Waals surface area (Å²) in [5, 5.41) is 0.874. The molecule has 108 valence electrons. The number of hydrogen-bond acceptors (Lipinski definition) is 3. The van der Waals surface area contributed by atoms with Crippen LogP contribution in [0.15, 0.2) is 30.3 Å². The smallest absolute Gasteiger partial charge is 0.435 e. The number of aromatic amines is 1. The normalized spacial score (nSPS) is 12.0. The summed E-state index contributed by atoms with van der Waals surface area (Å²) in [6, 6.07) is 8.05. The number of H-pyrrole nitrogens is 1. The van der Waals surface area contributed by atoms with Crippen molar-refractivity contribution >= 4 is 27.8 Å². The van der Waals surface area contributed by atoms with Gasteiger partial charge in [-0.3, -0.25) is 0 Å². The summed E-state index contributed by atoms with van der Waals surface area (Å²) in [5.74, 6) is -0.910. The molecule has 0 bridgehead atoms. The van der Waals surface area contributed by atoms with E-state index in [9.17, 15) is 18.0 Å². The fourth-order valence-corrected chi connectivity index (χ4v) is 2.26. The fraction of sp³-hybridized carbons (Fsp3) is 0.143. The number of hydrogen-bond donors (Lipinski definition) is 1. The van der Waals surface area contributed by atoms with E-state index in [-0.39, 0.29) is 16.6 Å². The molecule has 2 aromatic heterocycles. The summed E-state index contributed by atoms with van der Waals surface area (Å²) in [6.07, 6.45) is -4.68. The van der Waals surface area contributed by atoms with Gasteiger partial charge in [0.25, 0.3) is 0 Å². The zero-order chi connectivity index (χ0) is 15.2. The Balaban J connectivity index is 2.45. The number of rotatable bonds is 1. The molecule has 0 unspecified atom stereocenters. The van der Waals surface area contributed by atoms with E-state index >= 15 is 0 Å². The lowest BCUT2D eigenvalue weighted by molar-refractivity contribution is -0.139. The molecule has 0 aliphatic carbocycles. The number of methoxy groups -OCH3 is 1. The molecule has 4 nitrogen and oxygen atoms in total. The van der Waals surface area contributed by atoms with Crippen LogP contribution in [0.2, 0.25) is 0 Å². The van der Waals surface area contributed by atoms with Gasteiger partial charge in [-0.25, -0.2) is 9.78 Å². The average Bonchev–Trinajstić information content (AvgIpc) is 2.82. The highest BCUT2D eigenvalue weighted by Crippen LogP contribution is 2.36. The Labute approximate surface area is 116 Å². The second-order valence-corrected chi connectivity index (χ2v) is 4.44. The number of nitrogens with one attached hydrogen (secondary N) is 1. The predicted octanol–water partition coefficient (Wildman–Crippen LogP) is 3.52. The van der Waals surface area contributed by atoms with Crippen molar-refractivity contribution in [3.05, 3.63) is 41.7 Å². The Hall–Kier alpha value is -2.57. The number of ether oxygens (including phenoxy) is 1. The standard InChI is InChI=1S/C14H9F3N2O2/c1-21-13(20)10-6-8-7-4-2-3-5-9(7)18-11(8)12(19-10)14(15,16)17/h2-6,18H,1H3. The van der Waals surface area contributed by atoms with Gasteiger partial charge < -0.3 is 9.72 Å². The number of alkyl halides is 3. The van der Waals surface area contributed by atoms with Gasteiger partial charge in [-0.15, -0.1) is 0 Å². The minimum absolute atomic E-state index is 0.142. The van der Waals surface area contributed by atoms with Crippen molar-refractivity contribution in [3.8, 4) is 0 Å². The molecule has 1 aromatic carbocycles. The number of fused-ring (bicyclic) bond motifs is 3. The molecule has 0 amide bonds. The Kier molecular flexibility index (Phi) is 2.86. The second kappa shape index (κ2) is 4.47. The molecular weight excluding hydrogens is 285 g/mol. The molecule has 7 heteroatoms. The van der Waals surface area contributed by atoms with E-state index in [1.165, 1.54) is 6.07 Å². The maximum atomic E-state index is 13.2. The summed E-state index contributed by atoms with van der Waals surface area (Å²) in [7, 11) is 1.09. The lowest BCUT2D eigenvalue weighted by atomic mass is 10.1. The summed E-state index contributed by atoms with van der Waals surface area (Å²) < 4.78 is 43.9. The van der Waals surface area contributed by atoms with E-state index in [2.05, 4.69) is 14.7 Å². The van der Waals surface area contributed by atoms with E-state index in [1.54, 1.807) is 24.3 Å². The van der Waals surface area contributed by atoms with Crippen LogP contribution in [0.5, 0.6) is 0 Å². The van der Waals surface area contributed by atoms with Gasteiger partial charge in [-0.2, -0.15) is 13.2 Å².